The third kappa shape index (κ3) is 3.13. The second kappa shape index (κ2) is 5.71. The summed E-state index contributed by atoms with van der Waals surface area (Å²) in [7, 11) is -3.90. The third-order valence-electron chi connectivity index (χ3n) is 2.58. The molecule has 2 rings (SSSR count). The van der Waals surface area contributed by atoms with Gasteiger partial charge in [-0.3, -0.25) is 4.79 Å². The molecule has 0 aliphatic heterocycles. The number of ketones is 1. The molecule has 0 saturated heterocycles. The lowest BCUT2D eigenvalue weighted by molar-refractivity contribution is 0.103. The minimum Gasteiger partial charge on any atom is -0.379 e. The number of para-hydroxylation sites is 1. The van der Waals surface area contributed by atoms with Crippen molar-refractivity contribution in [3.05, 3.63) is 77.7 Å². The maximum Gasteiger partial charge on any atom is 0.331 e. The first kappa shape index (κ1) is 14.0. The lowest BCUT2D eigenvalue weighted by Gasteiger charge is -2.08. The summed E-state index contributed by atoms with van der Waals surface area (Å²) in [5, 5.41) is 0.691. The van der Waals surface area contributed by atoms with E-state index in [9.17, 15) is 13.2 Å². The smallest absolute Gasteiger partial charge is 0.331 e. The summed E-state index contributed by atoms with van der Waals surface area (Å²) in [6.07, 6.45) is 0. The molecule has 4 nitrogen and oxygen atoms in total. The predicted octanol–water partition coefficient (Wildman–Crippen LogP) is 2.77. The fourth-order valence-corrected chi connectivity index (χ4v) is 2.09. The van der Waals surface area contributed by atoms with Crippen LogP contribution in [0.3, 0.4) is 0 Å². The number of carbonyl (C=O) groups is 1. The quantitative estimate of drug-likeness (QED) is 0.627. The summed E-state index contributed by atoms with van der Waals surface area (Å²) in [5.74, 6) is -0.318. The van der Waals surface area contributed by atoms with E-state index in [1.165, 1.54) is 12.1 Å². The molecule has 0 unspecified atom stereocenters. The van der Waals surface area contributed by atoms with E-state index in [4.69, 9.17) is 4.18 Å². The number of benzene rings is 2. The third-order valence-corrected chi connectivity index (χ3v) is 3.40. The van der Waals surface area contributed by atoms with Gasteiger partial charge in [-0.2, -0.15) is 8.42 Å². The van der Waals surface area contributed by atoms with Crippen LogP contribution in [0.2, 0.25) is 0 Å². The van der Waals surface area contributed by atoms with Crippen LogP contribution in [0.15, 0.2) is 66.6 Å². The highest BCUT2D eigenvalue weighted by Gasteiger charge is 2.17. The Morgan fingerprint density at radius 3 is 2.25 bits per heavy atom. The van der Waals surface area contributed by atoms with Gasteiger partial charge in [-0.25, -0.2) is 0 Å². The summed E-state index contributed by atoms with van der Waals surface area (Å²) in [5.41, 5.74) is 0.642. The van der Waals surface area contributed by atoms with Crippen molar-refractivity contribution in [2.75, 3.05) is 0 Å². The first-order valence-corrected chi connectivity index (χ1v) is 7.26. The molecule has 0 N–H and O–H groups in total. The van der Waals surface area contributed by atoms with Gasteiger partial charge in [0, 0.05) is 5.56 Å². The Balaban J connectivity index is 2.43. The van der Waals surface area contributed by atoms with Crippen LogP contribution >= 0.6 is 0 Å². The van der Waals surface area contributed by atoms with Gasteiger partial charge < -0.3 is 4.18 Å². The predicted molar refractivity (Wildman–Crippen MR) is 76.1 cm³/mol. The molecule has 0 fully saturated rings. The van der Waals surface area contributed by atoms with Gasteiger partial charge >= 0.3 is 10.1 Å². The lowest BCUT2D eigenvalue weighted by Crippen LogP contribution is -2.09. The molecule has 0 aliphatic rings. The molecule has 20 heavy (non-hydrogen) atoms. The van der Waals surface area contributed by atoms with Gasteiger partial charge in [0.2, 0.25) is 0 Å². The van der Waals surface area contributed by atoms with Gasteiger partial charge in [0.15, 0.2) is 11.5 Å². The summed E-state index contributed by atoms with van der Waals surface area (Å²) in [6.45, 7) is 3.16. The SMILES string of the molecule is C=CS(=O)(=O)Oc1ccccc1C(=O)c1ccccc1. The molecular formula is C15H12O4S. The van der Waals surface area contributed by atoms with E-state index >= 15 is 0 Å². The Bertz CT molecular complexity index is 733. The standard InChI is InChI=1S/C15H12O4S/c1-2-20(17,18)19-14-11-7-6-10-13(14)15(16)12-8-4-3-5-9-12/h2-11H,1H2. The van der Waals surface area contributed by atoms with Crippen molar-refractivity contribution >= 4 is 15.9 Å². The van der Waals surface area contributed by atoms with Gasteiger partial charge in [0.05, 0.1) is 11.0 Å². The van der Waals surface area contributed by atoms with E-state index in [2.05, 4.69) is 6.58 Å². The van der Waals surface area contributed by atoms with Crippen LogP contribution in [0, 0.1) is 0 Å². The van der Waals surface area contributed by atoms with Crippen molar-refractivity contribution in [1.82, 2.24) is 0 Å². The molecule has 0 atom stereocenters. The molecule has 102 valence electrons. The molecule has 0 bridgehead atoms. The van der Waals surface area contributed by atoms with Crippen molar-refractivity contribution in [2.24, 2.45) is 0 Å². The average Bonchev–Trinajstić information content (AvgIpc) is 2.48. The number of hydrogen-bond acceptors (Lipinski definition) is 4. The Kier molecular flexibility index (Phi) is 4.00. The Labute approximate surface area is 117 Å². The fourth-order valence-electron chi connectivity index (χ4n) is 1.63. The van der Waals surface area contributed by atoms with Crippen molar-refractivity contribution in [3.8, 4) is 5.75 Å². The maximum atomic E-state index is 12.3. The number of hydrogen-bond donors (Lipinski definition) is 0. The minimum absolute atomic E-state index is 0.0127. The normalized spacial score (nSPS) is 10.8. The molecule has 0 amide bonds. The van der Waals surface area contributed by atoms with E-state index < -0.39 is 10.1 Å². The topological polar surface area (TPSA) is 60.4 Å². The second-order valence-corrected chi connectivity index (χ2v) is 5.42. The summed E-state index contributed by atoms with van der Waals surface area (Å²) >= 11 is 0. The zero-order valence-electron chi connectivity index (χ0n) is 10.5. The van der Waals surface area contributed by atoms with E-state index in [0.717, 1.165) is 0 Å². The molecule has 0 heterocycles. The molecule has 0 aliphatic carbocycles. The minimum atomic E-state index is -3.90. The number of rotatable bonds is 5. The van der Waals surface area contributed by atoms with E-state index in [1.54, 1.807) is 42.5 Å². The molecule has 2 aromatic carbocycles. The first-order chi connectivity index (χ1) is 9.53. The van der Waals surface area contributed by atoms with Crippen LogP contribution in [0.4, 0.5) is 0 Å². The molecule has 0 saturated carbocycles. The van der Waals surface area contributed by atoms with Gasteiger partial charge in [0.1, 0.15) is 0 Å². The molecule has 0 spiro atoms. The van der Waals surface area contributed by atoms with Gasteiger partial charge in [-0.05, 0) is 12.1 Å². The fraction of sp³-hybridized carbons (Fsp3) is 0. The zero-order valence-corrected chi connectivity index (χ0v) is 11.3. The van der Waals surface area contributed by atoms with Crippen LogP contribution in [-0.4, -0.2) is 14.2 Å². The highest BCUT2D eigenvalue weighted by Crippen LogP contribution is 2.23. The first-order valence-electron chi connectivity index (χ1n) is 5.79. The second-order valence-electron chi connectivity index (χ2n) is 3.93. The molecule has 5 heteroatoms. The maximum absolute atomic E-state index is 12.3. The number of carbonyl (C=O) groups excluding carboxylic acids is 1. The molecule has 0 aromatic heterocycles. The lowest BCUT2D eigenvalue weighted by atomic mass is 10.0. The summed E-state index contributed by atoms with van der Waals surface area (Å²) in [4.78, 5) is 12.3. The summed E-state index contributed by atoms with van der Waals surface area (Å²) in [6, 6.07) is 14.7. The zero-order chi connectivity index (χ0) is 14.6. The van der Waals surface area contributed by atoms with Crippen LogP contribution in [0.5, 0.6) is 5.75 Å². The monoisotopic (exact) mass is 288 g/mol. The summed E-state index contributed by atoms with van der Waals surface area (Å²) < 4.78 is 27.7. The average molecular weight is 288 g/mol. The van der Waals surface area contributed by atoms with E-state index in [1.807, 2.05) is 0 Å². The van der Waals surface area contributed by atoms with Crippen molar-refractivity contribution in [3.63, 3.8) is 0 Å². The van der Waals surface area contributed by atoms with Gasteiger partial charge in [-0.1, -0.05) is 49.0 Å². The molecule has 2 aromatic rings. The van der Waals surface area contributed by atoms with Crippen molar-refractivity contribution in [1.29, 1.82) is 0 Å². The van der Waals surface area contributed by atoms with Gasteiger partial charge in [-0.15, -0.1) is 0 Å². The molecule has 0 radical (unpaired) electrons. The van der Waals surface area contributed by atoms with Crippen LogP contribution in [-0.2, 0) is 10.1 Å². The Morgan fingerprint density at radius 1 is 1.00 bits per heavy atom. The van der Waals surface area contributed by atoms with Crippen LogP contribution in [0.1, 0.15) is 15.9 Å². The Morgan fingerprint density at radius 2 is 1.60 bits per heavy atom. The van der Waals surface area contributed by atoms with Crippen LogP contribution < -0.4 is 4.18 Å². The van der Waals surface area contributed by atoms with Crippen molar-refractivity contribution < 1.29 is 17.4 Å². The Hall–Kier alpha value is -2.40. The highest BCUT2D eigenvalue weighted by atomic mass is 32.2. The van der Waals surface area contributed by atoms with Gasteiger partial charge in [0.25, 0.3) is 0 Å². The van der Waals surface area contributed by atoms with E-state index in [-0.39, 0.29) is 17.1 Å². The van der Waals surface area contributed by atoms with Crippen LogP contribution in [0.25, 0.3) is 0 Å². The van der Waals surface area contributed by atoms with E-state index in [0.29, 0.717) is 11.0 Å². The molecular weight excluding hydrogens is 276 g/mol. The van der Waals surface area contributed by atoms with Crippen molar-refractivity contribution in [2.45, 2.75) is 0 Å². The largest absolute Gasteiger partial charge is 0.379 e. The highest BCUT2D eigenvalue weighted by molar-refractivity contribution is 7.90.